The molecule has 0 aromatic heterocycles. The second-order valence-corrected chi connectivity index (χ2v) is 11.6. The quantitative estimate of drug-likeness (QED) is 0.220. The van der Waals surface area contributed by atoms with Gasteiger partial charge in [0, 0.05) is 5.88 Å². The van der Waals surface area contributed by atoms with Crippen LogP contribution < -0.4 is 15.6 Å². The van der Waals surface area contributed by atoms with Gasteiger partial charge in [-0.2, -0.15) is 0 Å². The van der Waals surface area contributed by atoms with E-state index in [0.29, 0.717) is 5.88 Å². The predicted octanol–water partition coefficient (Wildman–Crippen LogP) is 5.41. The Labute approximate surface area is 185 Å². The summed E-state index contributed by atoms with van der Waals surface area (Å²) in [5, 5.41) is 5.40. The summed E-state index contributed by atoms with van der Waals surface area (Å²) in [5.74, 6) is 0.492. The van der Waals surface area contributed by atoms with Gasteiger partial charge in [-0.25, -0.2) is 0 Å². The van der Waals surface area contributed by atoms with E-state index in [9.17, 15) is 0 Å². The Morgan fingerprint density at radius 1 is 0.567 bits per heavy atom. The van der Waals surface area contributed by atoms with Crippen molar-refractivity contribution in [1.29, 1.82) is 0 Å². The lowest BCUT2D eigenvalue weighted by Crippen LogP contribution is -2.69. The molecular formula is C28H25ClSi. The van der Waals surface area contributed by atoms with Gasteiger partial charge in [-0.05, 0) is 38.8 Å². The highest BCUT2D eigenvalue weighted by molar-refractivity contribution is 7.17. The van der Waals surface area contributed by atoms with Crippen molar-refractivity contribution in [2.75, 3.05) is 5.88 Å². The highest BCUT2D eigenvalue weighted by Crippen LogP contribution is 2.27. The van der Waals surface area contributed by atoms with Crippen molar-refractivity contribution in [2.24, 2.45) is 0 Å². The van der Waals surface area contributed by atoms with Gasteiger partial charge in [0.25, 0.3) is 0 Å². The van der Waals surface area contributed by atoms with Crippen molar-refractivity contribution in [3.05, 3.63) is 132 Å². The van der Waals surface area contributed by atoms with E-state index in [0.717, 1.165) is 0 Å². The van der Waals surface area contributed by atoms with E-state index in [1.54, 1.807) is 0 Å². The van der Waals surface area contributed by atoms with Crippen LogP contribution in [0, 0.1) is 0 Å². The Hall–Kier alpha value is -2.87. The standard InChI is InChI=1S/C28H25ClSi/c1-23(24-14-6-2-7-15-24)28(22-29)30(25-16-8-3-9-17-25,26-18-10-4-11-19-26)27-20-12-5-13-21-27/h2-21H,22H2,1H3/b28-23+. The number of hydrogen-bond donors (Lipinski definition) is 0. The van der Waals surface area contributed by atoms with Crippen LogP contribution in [0.1, 0.15) is 12.5 Å². The number of halogens is 1. The molecule has 0 aliphatic carbocycles. The van der Waals surface area contributed by atoms with E-state index in [1.807, 2.05) is 0 Å². The normalized spacial score (nSPS) is 12.3. The van der Waals surface area contributed by atoms with Crippen LogP contribution in [0.2, 0.25) is 0 Å². The Bertz CT molecular complexity index is 1010. The molecule has 4 aromatic carbocycles. The van der Waals surface area contributed by atoms with Crippen LogP contribution >= 0.6 is 11.6 Å². The van der Waals surface area contributed by atoms with Gasteiger partial charge in [0.05, 0.1) is 0 Å². The first kappa shape index (κ1) is 20.4. The van der Waals surface area contributed by atoms with E-state index in [4.69, 9.17) is 11.6 Å². The maximum atomic E-state index is 6.82. The summed E-state index contributed by atoms with van der Waals surface area (Å²) in [7, 11) is -2.55. The monoisotopic (exact) mass is 424 g/mol. The second-order valence-electron chi connectivity index (χ2n) is 7.45. The summed E-state index contributed by atoms with van der Waals surface area (Å²) in [5.41, 5.74) is 2.50. The fourth-order valence-electron chi connectivity index (χ4n) is 4.43. The molecule has 0 fully saturated rings. The van der Waals surface area contributed by atoms with Gasteiger partial charge in [0.2, 0.25) is 0 Å². The van der Waals surface area contributed by atoms with E-state index in [1.165, 1.54) is 31.9 Å². The van der Waals surface area contributed by atoms with E-state index in [-0.39, 0.29) is 0 Å². The maximum absolute atomic E-state index is 6.82. The van der Waals surface area contributed by atoms with Gasteiger partial charge in [-0.3, -0.25) is 0 Å². The van der Waals surface area contributed by atoms with Crippen molar-refractivity contribution in [1.82, 2.24) is 0 Å². The second kappa shape index (κ2) is 9.29. The average molecular weight is 425 g/mol. The number of alkyl halides is 1. The Morgan fingerprint density at radius 3 is 1.23 bits per heavy atom. The molecule has 4 aromatic rings. The van der Waals surface area contributed by atoms with Crippen molar-refractivity contribution in [2.45, 2.75) is 6.92 Å². The van der Waals surface area contributed by atoms with Crippen molar-refractivity contribution < 1.29 is 0 Å². The average Bonchev–Trinajstić information content (AvgIpc) is 2.84. The minimum Gasteiger partial charge on any atom is -0.122 e. The molecule has 30 heavy (non-hydrogen) atoms. The number of benzene rings is 4. The van der Waals surface area contributed by atoms with Crippen LogP contribution in [0.5, 0.6) is 0 Å². The van der Waals surface area contributed by atoms with Crippen LogP contribution in [-0.4, -0.2) is 14.0 Å². The zero-order chi connectivity index (χ0) is 20.8. The molecule has 2 heteroatoms. The van der Waals surface area contributed by atoms with E-state index >= 15 is 0 Å². The smallest absolute Gasteiger partial charge is 0.122 e. The van der Waals surface area contributed by atoms with Crippen LogP contribution in [0.4, 0.5) is 0 Å². The Balaban J connectivity index is 2.15. The third kappa shape index (κ3) is 3.67. The van der Waals surface area contributed by atoms with Gasteiger partial charge in [-0.15, -0.1) is 11.6 Å². The Morgan fingerprint density at radius 2 is 0.900 bits per heavy atom. The molecule has 0 saturated heterocycles. The Kier molecular flexibility index (Phi) is 6.32. The molecule has 0 amide bonds. The van der Waals surface area contributed by atoms with Gasteiger partial charge in [-0.1, -0.05) is 121 Å². The number of hydrogen-bond acceptors (Lipinski definition) is 0. The minimum atomic E-state index is -2.55. The van der Waals surface area contributed by atoms with E-state index in [2.05, 4.69) is 128 Å². The van der Waals surface area contributed by atoms with Crippen LogP contribution in [0.15, 0.2) is 127 Å². The summed E-state index contributed by atoms with van der Waals surface area (Å²) in [6.45, 7) is 2.23. The number of allylic oxidation sites excluding steroid dienone is 2. The van der Waals surface area contributed by atoms with Gasteiger partial charge in [0.15, 0.2) is 8.07 Å². The molecule has 148 valence electrons. The third-order valence-corrected chi connectivity index (χ3v) is 11.4. The van der Waals surface area contributed by atoms with Crippen molar-refractivity contribution in [3.8, 4) is 0 Å². The van der Waals surface area contributed by atoms with Crippen LogP contribution in [0.25, 0.3) is 5.57 Å². The summed E-state index contributed by atoms with van der Waals surface area (Å²) in [4.78, 5) is 0. The van der Waals surface area contributed by atoms with Gasteiger partial charge < -0.3 is 0 Å². The zero-order valence-electron chi connectivity index (χ0n) is 17.1. The lowest BCUT2D eigenvalue weighted by atomic mass is 10.1. The van der Waals surface area contributed by atoms with Crippen LogP contribution in [0.3, 0.4) is 0 Å². The number of rotatable bonds is 6. The van der Waals surface area contributed by atoms with Gasteiger partial charge >= 0.3 is 0 Å². The first-order chi connectivity index (χ1) is 14.8. The molecular weight excluding hydrogens is 400 g/mol. The lowest BCUT2D eigenvalue weighted by molar-refractivity contribution is 1.49. The molecule has 0 nitrogen and oxygen atoms in total. The minimum absolute atomic E-state index is 0.492. The summed E-state index contributed by atoms with van der Waals surface area (Å²) in [6.07, 6.45) is 0. The molecule has 0 unspecified atom stereocenters. The molecule has 0 heterocycles. The topological polar surface area (TPSA) is 0 Å². The van der Waals surface area contributed by atoms with Crippen molar-refractivity contribution in [3.63, 3.8) is 0 Å². The summed E-state index contributed by atoms with van der Waals surface area (Å²) in [6, 6.07) is 43.4. The highest BCUT2D eigenvalue weighted by Gasteiger charge is 2.43. The fraction of sp³-hybridized carbons (Fsp3) is 0.0714. The van der Waals surface area contributed by atoms with Crippen molar-refractivity contribution >= 4 is 40.8 Å². The maximum Gasteiger partial charge on any atom is 0.177 e. The van der Waals surface area contributed by atoms with Gasteiger partial charge in [0.1, 0.15) is 0 Å². The highest BCUT2D eigenvalue weighted by atomic mass is 35.5. The molecule has 0 spiro atoms. The SMILES string of the molecule is C/C(=C(/CCl)[Si](c1ccccc1)(c1ccccc1)c1ccccc1)c1ccccc1. The first-order valence-electron chi connectivity index (χ1n) is 10.3. The zero-order valence-corrected chi connectivity index (χ0v) is 18.9. The van der Waals surface area contributed by atoms with Crippen LogP contribution in [-0.2, 0) is 0 Å². The predicted molar refractivity (Wildman–Crippen MR) is 134 cm³/mol. The third-order valence-electron chi connectivity index (χ3n) is 5.87. The molecule has 0 radical (unpaired) electrons. The lowest BCUT2D eigenvalue weighted by Gasteiger charge is -2.37. The summed E-state index contributed by atoms with van der Waals surface area (Å²) >= 11 is 6.82. The molecule has 0 aliphatic heterocycles. The molecule has 0 atom stereocenters. The fourth-order valence-corrected chi connectivity index (χ4v) is 10.3. The molecule has 0 bridgehead atoms. The molecule has 0 saturated carbocycles. The molecule has 4 rings (SSSR count). The molecule has 0 N–H and O–H groups in total. The first-order valence-corrected chi connectivity index (χ1v) is 12.8. The molecule has 0 aliphatic rings. The largest absolute Gasteiger partial charge is 0.177 e. The summed E-state index contributed by atoms with van der Waals surface area (Å²) < 4.78 is 0. The van der Waals surface area contributed by atoms with E-state index < -0.39 is 8.07 Å².